The van der Waals surface area contributed by atoms with Crippen LogP contribution in [-0.2, 0) is 0 Å². The minimum absolute atomic E-state index is 0.0382. The van der Waals surface area contributed by atoms with Gasteiger partial charge in [0.25, 0.3) is 0 Å². The number of para-hydroxylation sites is 7. The molecule has 0 spiro atoms. The summed E-state index contributed by atoms with van der Waals surface area (Å²) in [4.78, 5) is 0. The summed E-state index contributed by atoms with van der Waals surface area (Å²) in [6.07, 6.45) is 23.4. The molecule has 0 radical (unpaired) electrons. The quantitative estimate of drug-likeness (QED) is 0.0236. The van der Waals surface area contributed by atoms with Crippen molar-refractivity contribution < 1.29 is 74.0 Å². The lowest BCUT2D eigenvalue weighted by Gasteiger charge is -2.11. The van der Waals surface area contributed by atoms with Crippen LogP contribution in [0.2, 0.25) is 0 Å². The van der Waals surface area contributed by atoms with E-state index in [-0.39, 0.29) is 46.0 Å². The van der Waals surface area contributed by atoms with Gasteiger partial charge in [-0.2, -0.15) is 0 Å². The summed E-state index contributed by atoms with van der Waals surface area (Å²) in [5.41, 5.74) is 11.6. The zero-order valence-electron chi connectivity index (χ0n) is 76.6. The minimum Gasteiger partial charge on any atom is -0.508 e. The first-order chi connectivity index (χ1) is 69.0. The normalized spacial score (nSPS) is 10.8. The van der Waals surface area contributed by atoms with Gasteiger partial charge in [-0.15, -0.1) is 0 Å². The number of phenolic OH excluding ortho intramolecular Hbond substituents is 8. The molecule has 0 fully saturated rings. The van der Waals surface area contributed by atoms with E-state index >= 15 is 0 Å². The highest BCUT2D eigenvalue weighted by Crippen LogP contribution is 2.36. The highest BCUT2D eigenvalue weighted by molar-refractivity contribution is 5.77. The Labute approximate surface area is 820 Å². The van der Waals surface area contributed by atoms with Gasteiger partial charge < -0.3 is 74.0 Å². The SMILES string of the molecule is C(=Cc1ccccc1)c1ccccc1.Oc1cc(C=Cc2ccc(Oc3ccccc3)cc2)cc(Oc2ccccc2)c1.Oc1cc(O)cc(C=Cc2ccc(Oc3ccccc3)cc2)c1.Oc1ccc(C=Cc2cc(O)cc(Oc3ccccc3)c2)cc1.Oc1ccc(C=Cc2cc(O)cc(Oc3ccccc3)c2)cc1.Oc1ccc(C=Cc2cc(Oc3ccccc3)cc(Oc3ccccc3)c2)cc1. The molecule has 0 unspecified atom stereocenters. The lowest BCUT2D eigenvalue weighted by atomic mass is 10.1. The number of hydrogen-bond donors (Lipinski definition) is 8. The predicted molar refractivity (Wildman–Crippen MR) is 570 cm³/mol. The van der Waals surface area contributed by atoms with E-state index in [1.54, 1.807) is 84.9 Å². The fourth-order valence-electron chi connectivity index (χ4n) is 13.5. The first-order valence-electron chi connectivity index (χ1n) is 45.1. The van der Waals surface area contributed by atoms with E-state index in [2.05, 4.69) is 36.4 Å². The Bertz CT molecular complexity index is 6960. The monoisotopic (exact) mass is 1850 g/mol. The Kier molecular flexibility index (Phi) is 36.2. The molecule has 19 rings (SSSR count). The molecular formula is C126H100O15. The Morgan fingerprint density at radius 3 is 0.454 bits per heavy atom. The number of hydrogen-bond acceptors (Lipinski definition) is 15. The van der Waals surface area contributed by atoms with Crippen molar-refractivity contribution in [2.45, 2.75) is 0 Å². The van der Waals surface area contributed by atoms with Crippen molar-refractivity contribution >= 4 is 72.9 Å². The van der Waals surface area contributed by atoms with Crippen LogP contribution in [0.5, 0.6) is 126 Å². The molecule has 0 aliphatic rings. The van der Waals surface area contributed by atoms with Crippen molar-refractivity contribution in [3.05, 3.63) is 552 Å². The van der Waals surface area contributed by atoms with Crippen LogP contribution >= 0.6 is 0 Å². The van der Waals surface area contributed by atoms with Gasteiger partial charge in [-0.1, -0.05) is 322 Å². The molecule has 694 valence electrons. The molecule has 19 aromatic rings. The Morgan fingerprint density at radius 2 is 0.241 bits per heavy atom. The van der Waals surface area contributed by atoms with Crippen LogP contribution in [0.3, 0.4) is 0 Å². The van der Waals surface area contributed by atoms with E-state index in [9.17, 15) is 40.9 Å². The number of aromatic hydroxyl groups is 8. The fourth-order valence-corrected chi connectivity index (χ4v) is 13.5. The van der Waals surface area contributed by atoms with Gasteiger partial charge in [0.2, 0.25) is 0 Å². The maximum atomic E-state index is 10.0. The first kappa shape index (κ1) is 97.6. The van der Waals surface area contributed by atoms with Gasteiger partial charge in [-0.05, 0) is 273 Å². The molecule has 0 heterocycles. The zero-order valence-corrected chi connectivity index (χ0v) is 76.6. The molecule has 15 nitrogen and oxygen atoms in total. The van der Waals surface area contributed by atoms with E-state index in [1.165, 1.54) is 17.2 Å². The van der Waals surface area contributed by atoms with Gasteiger partial charge in [-0.25, -0.2) is 0 Å². The summed E-state index contributed by atoms with van der Waals surface area (Å²) in [5.74, 6) is 11.2. The van der Waals surface area contributed by atoms with E-state index < -0.39 is 0 Å². The fraction of sp³-hybridized carbons (Fsp3) is 0. The van der Waals surface area contributed by atoms with Gasteiger partial charge >= 0.3 is 0 Å². The number of benzene rings is 19. The molecule has 0 amide bonds. The third-order valence-corrected chi connectivity index (χ3v) is 20.3. The van der Waals surface area contributed by atoms with Crippen LogP contribution in [0.4, 0.5) is 0 Å². The highest BCUT2D eigenvalue weighted by atomic mass is 16.5. The van der Waals surface area contributed by atoms with Crippen LogP contribution in [0.15, 0.2) is 485 Å². The molecule has 0 saturated heterocycles. The first-order valence-corrected chi connectivity index (χ1v) is 45.1. The molecule has 0 aromatic heterocycles. The Balaban J connectivity index is 0.000000136. The largest absolute Gasteiger partial charge is 0.508 e. The van der Waals surface area contributed by atoms with Crippen molar-refractivity contribution in [1.29, 1.82) is 0 Å². The smallest absolute Gasteiger partial charge is 0.131 e. The maximum absolute atomic E-state index is 10.0. The number of ether oxygens (including phenoxy) is 7. The second-order valence-corrected chi connectivity index (χ2v) is 31.4. The molecule has 0 atom stereocenters. The summed E-state index contributed by atoms with van der Waals surface area (Å²) >= 11 is 0. The van der Waals surface area contributed by atoms with Crippen LogP contribution in [0.25, 0.3) is 72.9 Å². The van der Waals surface area contributed by atoms with Crippen molar-refractivity contribution in [3.8, 4) is 126 Å². The zero-order chi connectivity index (χ0) is 97.6. The van der Waals surface area contributed by atoms with Gasteiger partial charge in [0, 0.05) is 30.3 Å². The molecule has 0 saturated carbocycles. The van der Waals surface area contributed by atoms with E-state index in [0.717, 1.165) is 95.9 Å². The third-order valence-electron chi connectivity index (χ3n) is 20.3. The minimum atomic E-state index is 0.0382. The van der Waals surface area contributed by atoms with Gasteiger partial charge in [0.1, 0.15) is 126 Å². The summed E-state index contributed by atoms with van der Waals surface area (Å²) in [6.45, 7) is 0. The van der Waals surface area contributed by atoms with Crippen LogP contribution < -0.4 is 33.2 Å². The summed E-state index contributed by atoms with van der Waals surface area (Å²) < 4.78 is 40.9. The van der Waals surface area contributed by atoms with Gasteiger partial charge in [0.15, 0.2) is 0 Å². The summed E-state index contributed by atoms with van der Waals surface area (Å²) in [5, 5.41) is 76.6. The van der Waals surface area contributed by atoms with E-state index in [0.29, 0.717) is 40.2 Å². The van der Waals surface area contributed by atoms with Crippen LogP contribution in [-0.4, -0.2) is 40.9 Å². The molecule has 0 bridgehead atoms. The summed E-state index contributed by atoms with van der Waals surface area (Å²) in [6, 6.07) is 150. The average Bonchev–Trinajstić information content (AvgIpc) is 0.829. The van der Waals surface area contributed by atoms with Crippen molar-refractivity contribution in [1.82, 2.24) is 0 Å². The van der Waals surface area contributed by atoms with Crippen LogP contribution in [0.1, 0.15) is 66.8 Å². The lowest BCUT2D eigenvalue weighted by molar-refractivity contribution is 0.450. The molecule has 141 heavy (non-hydrogen) atoms. The van der Waals surface area contributed by atoms with Gasteiger partial charge in [-0.3, -0.25) is 0 Å². The molecule has 0 aliphatic heterocycles. The van der Waals surface area contributed by atoms with Crippen molar-refractivity contribution in [2.24, 2.45) is 0 Å². The molecule has 19 aromatic carbocycles. The Hall–Kier alpha value is -19.4. The predicted octanol–water partition coefficient (Wildman–Crippen LogP) is 33.3. The Morgan fingerprint density at radius 1 is 0.0993 bits per heavy atom. The maximum Gasteiger partial charge on any atom is 0.131 e. The van der Waals surface area contributed by atoms with Crippen molar-refractivity contribution in [2.75, 3.05) is 0 Å². The second kappa shape index (κ2) is 52.3. The van der Waals surface area contributed by atoms with E-state index in [4.69, 9.17) is 33.2 Å². The summed E-state index contributed by atoms with van der Waals surface area (Å²) in [7, 11) is 0. The van der Waals surface area contributed by atoms with Gasteiger partial charge in [0.05, 0.1) is 0 Å². The molecule has 15 heteroatoms. The molecular weight excluding hydrogens is 1750 g/mol. The standard InChI is InChI=1S/2C26H20O3.3C20H16O3.C14H12/c27-22-17-21(18-26(19-22)29-24-9-5-2-6-10-24)12-11-20-13-15-25(16-14-20)28-23-7-3-1-4-8-23;27-22-15-13-20(14-16-22)11-12-21-17-25(28-23-7-3-1-4-8-23)19-26(18-21)29-24-9-5-2-6-10-24;21-17-12-16(13-18(22)14-17)7-6-15-8-10-20(11-9-15)23-19-4-2-1-3-5-19;2*21-17-10-8-15(9-11-17)6-7-16-12-18(22)14-20(13-16)23-19-4-2-1-3-5-19;1-3-7-13(8-4-1)11-12-14-9-5-2-6-10-14/h2*1-19,27H;3*1-14,21-22H;1-12H. The van der Waals surface area contributed by atoms with E-state index in [1.807, 2.05) is 431 Å². The lowest BCUT2D eigenvalue weighted by Crippen LogP contribution is -1.89. The molecule has 0 aliphatic carbocycles. The van der Waals surface area contributed by atoms with Crippen molar-refractivity contribution in [3.63, 3.8) is 0 Å². The number of rotatable bonds is 26. The van der Waals surface area contributed by atoms with Crippen LogP contribution in [0, 0.1) is 0 Å². The number of phenols is 8. The topological polar surface area (TPSA) is 226 Å². The molecule has 8 N–H and O–H groups in total. The highest BCUT2D eigenvalue weighted by Gasteiger charge is 2.10. The third kappa shape index (κ3) is 34.9. The second-order valence-electron chi connectivity index (χ2n) is 31.4. The average molecular weight is 1850 g/mol.